The monoisotopic (exact) mass is 267 g/mol. The van der Waals surface area contributed by atoms with Crippen molar-refractivity contribution in [3.05, 3.63) is 35.6 Å². The van der Waals surface area contributed by atoms with Crippen LogP contribution >= 0.6 is 0 Å². The van der Waals surface area contributed by atoms with Crippen LogP contribution in [-0.2, 0) is 0 Å². The molecule has 0 unspecified atom stereocenters. The van der Waals surface area contributed by atoms with Gasteiger partial charge >= 0.3 is 0 Å². The van der Waals surface area contributed by atoms with Crippen molar-refractivity contribution in [1.82, 2.24) is 4.90 Å². The highest BCUT2D eigenvalue weighted by Crippen LogP contribution is 2.10. The first kappa shape index (κ1) is 15.8. The van der Waals surface area contributed by atoms with Crippen LogP contribution < -0.4 is 0 Å². The zero-order valence-corrected chi connectivity index (χ0v) is 11.4. The Bertz CT molecular complexity index is 395. The first-order chi connectivity index (χ1) is 9.19. The fraction of sp³-hybridized carbons (Fsp3) is 0.533. The Balaban J connectivity index is 2.49. The van der Waals surface area contributed by atoms with Crippen LogP contribution in [0.4, 0.5) is 4.39 Å². The Morgan fingerprint density at radius 1 is 1.26 bits per heavy atom. The molecule has 0 saturated heterocycles. The molecule has 0 spiro atoms. The van der Waals surface area contributed by atoms with Crippen LogP contribution in [0.3, 0.4) is 0 Å². The molecule has 1 aromatic rings. The number of rotatable bonds is 9. The van der Waals surface area contributed by atoms with Crippen molar-refractivity contribution in [2.24, 2.45) is 0 Å². The molecule has 0 aliphatic heterocycles. The molecular formula is C15H22FNO2. The van der Waals surface area contributed by atoms with Gasteiger partial charge in [-0.1, -0.05) is 25.5 Å². The molecule has 1 rings (SSSR count). The molecule has 1 N–H and O–H groups in total. The number of hydrogen-bond donors (Lipinski definition) is 1. The Morgan fingerprint density at radius 2 is 2.00 bits per heavy atom. The standard InChI is InChI=1S/C15H22FNO2/c1-2-3-9-17(11-12-18)10-8-15(19)13-6-4-5-7-14(13)16/h4-7,18H,2-3,8-12H2,1H3. The van der Waals surface area contributed by atoms with E-state index in [1.807, 2.05) is 4.90 Å². The van der Waals surface area contributed by atoms with Crippen molar-refractivity contribution in [1.29, 1.82) is 0 Å². The summed E-state index contributed by atoms with van der Waals surface area (Å²) in [6.45, 7) is 4.17. The summed E-state index contributed by atoms with van der Waals surface area (Å²) in [6.07, 6.45) is 2.39. The summed E-state index contributed by atoms with van der Waals surface area (Å²) < 4.78 is 13.4. The third-order valence-corrected chi connectivity index (χ3v) is 3.07. The van der Waals surface area contributed by atoms with Crippen LogP contribution in [-0.4, -0.2) is 42.0 Å². The second-order valence-corrected chi connectivity index (χ2v) is 4.57. The summed E-state index contributed by atoms with van der Waals surface area (Å²) in [7, 11) is 0. The molecule has 0 heterocycles. The number of halogens is 1. The number of ketones is 1. The van der Waals surface area contributed by atoms with Crippen molar-refractivity contribution >= 4 is 5.78 Å². The summed E-state index contributed by atoms with van der Waals surface area (Å²) in [6, 6.07) is 6.06. The highest BCUT2D eigenvalue weighted by molar-refractivity contribution is 5.96. The predicted octanol–water partition coefficient (Wildman–Crippen LogP) is 2.49. The first-order valence-corrected chi connectivity index (χ1v) is 6.80. The van der Waals surface area contributed by atoms with E-state index in [1.54, 1.807) is 12.1 Å². The van der Waals surface area contributed by atoms with Crippen LogP contribution in [0.15, 0.2) is 24.3 Å². The number of benzene rings is 1. The second-order valence-electron chi connectivity index (χ2n) is 4.57. The largest absolute Gasteiger partial charge is 0.395 e. The molecule has 0 aromatic heterocycles. The number of nitrogens with zero attached hydrogens (tertiary/aromatic N) is 1. The van der Waals surface area contributed by atoms with Gasteiger partial charge in [-0.25, -0.2) is 4.39 Å². The van der Waals surface area contributed by atoms with E-state index in [0.29, 0.717) is 13.1 Å². The fourth-order valence-corrected chi connectivity index (χ4v) is 1.94. The van der Waals surface area contributed by atoms with Gasteiger partial charge in [0.05, 0.1) is 12.2 Å². The number of unbranched alkanes of at least 4 members (excludes halogenated alkanes) is 1. The maximum absolute atomic E-state index is 13.4. The third kappa shape index (κ3) is 5.49. The zero-order chi connectivity index (χ0) is 14.1. The maximum atomic E-state index is 13.4. The molecule has 0 atom stereocenters. The van der Waals surface area contributed by atoms with Gasteiger partial charge in [0.15, 0.2) is 5.78 Å². The third-order valence-electron chi connectivity index (χ3n) is 3.07. The minimum absolute atomic E-state index is 0.0810. The molecule has 1 aromatic carbocycles. The molecule has 0 fully saturated rings. The quantitative estimate of drug-likeness (QED) is 0.699. The van der Waals surface area contributed by atoms with Gasteiger partial charge in [0, 0.05) is 19.5 Å². The lowest BCUT2D eigenvalue weighted by Gasteiger charge is -2.20. The Labute approximate surface area is 114 Å². The lowest BCUT2D eigenvalue weighted by Crippen LogP contribution is -2.30. The van der Waals surface area contributed by atoms with E-state index in [1.165, 1.54) is 12.1 Å². The van der Waals surface area contributed by atoms with E-state index < -0.39 is 5.82 Å². The van der Waals surface area contributed by atoms with E-state index >= 15 is 0 Å². The molecule has 19 heavy (non-hydrogen) atoms. The lowest BCUT2D eigenvalue weighted by atomic mass is 10.1. The summed E-state index contributed by atoms with van der Waals surface area (Å²) in [5, 5.41) is 8.98. The van der Waals surface area contributed by atoms with Crippen LogP contribution in [0.5, 0.6) is 0 Å². The Morgan fingerprint density at radius 3 is 2.63 bits per heavy atom. The van der Waals surface area contributed by atoms with Crippen molar-refractivity contribution in [3.63, 3.8) is 0 Å². The number of Topliss-reactive ketones (excluding diaryl/α,β-unsaturated/α-hetero) is 1. The van der Waals surface area contributed by atoms with Crippen LogP contribution in [0.2, 0.25) is 0 Å². The molecule has 0 saturated carbocycles. The lowest BCUT2D eigenvalue weighted by molar-refractivity contribution is 0.0952. The summed E-state index contributed by atoms with van der Waals surface area (Å²) in [5.41, 5.74) is 0.155. The molecule has 106 valence electrons. The zero-order valence-electron chi connectivity index (χ0n) is 11.4. The van der Waals surface area contributed by atoms with E-state index in [2.05, 4.69) is 6.92 Å². The van der Waals surface area contributed by atoms with E-state index in [-0.39, 0.29) is 24.4 Å². The number of aliphatic hydroxyl groups is 1. The number of aliphatic hydroxyl groups excluding tert-OH is 1. The number of carbonyl (C=O) groups is 1. The van der Waals surface area contributed by atoms with E-state index in [0.717, 1.165) is 19.4 Å². The van der Waals surface area contributed by atoms with Gasteiger partial charge in [0.2, 0.25) is 0 Å². The number of hydrogen-bond acceptors (Lipinski definition) is 3. The Hall–Kier alpha value is -1.26. The minimum atomic E-state index is -0.463. The fourth-order valence-electron chi connectivity index (χ4n) is 1.94. The van der Waals surface area contributed by atoms with Gasteiger partial charge in [0.1, 0.15) is 5.82 Å². The van der Waals surface area contributed by atoms with Crippen molar-refractivity contribution in [2.75, 3.05) is 26.2 Å². The molecule has 0 aliphatic rings. The van der Waals surface area contributed by atoms with Gasteiger partial charge in [0.25, 0.3) is 0 Å². The van der Waals surface area contributed by atoms with E-state index in [4.69, 9.17) is 5.11 Å². The normalized spacial score (nSPS) is 10.9. The molecule has 3 nitrogen and oxygen atoms in total. The van der Waals surface area contributed by atoms with Crippen LogP contribution in [0, 0.1) is 5.82 Å². The molecule has 0 aliphatic carbocycles. The van der Waals surface area contributed by atoms with Gasteiger partial charge < -0.3 is 10.0 Å². The number of carbonyl (C=O) groups excluding carboxylic acids is 1. The highest BCUT2D eigenvalue weighted by atomic mass is 19.1. The van der Waals surface area contributed by atoms with Gasteiger partial charge in [-0.2, -0.15) is 0 Å². The Kier molecular flexibility index (Phi) is 7.30. The minimum Gasteiger partial charge on any atom is -0.395 e. The smallest absolute Gasteiger partial charge is 0.167 e. The van der Waals surface area contributed by atoms with Gasteiger partial charge in [-0.3, -0.25) is 4.79 Å². The summed E-state index contributed by atoms with van der Waals surface area (Å²) in [4.78, 5) is 14.0. The SMILES string of the molecule is CCCCN(CCO)CCC(=O)c1ccccc1F. The van der Waals surface area contributed by atoms with Gasteiger partial charge in [-0.15, -0.1) is 0 Å². The summed E-state index contributed by atoms with van der Waals surface area (Å²) >= 11 is 0. The van der Waals surface area contributed by atoms with E-state index in [9.17, 15) is 9.18 Å². The molecule has 0 amide bonds. The van der Waals surface area contributed by atoms with Crippen molar-refractivity contribution < 1.29 is 14.3 Å². The molecule has 0 bridgehead atoms. The summed E-state index contributed by atoms with van der Waals surface area (Å²) in [5.74, 6) is -0.646. The first-order valence-electron chi connectivity index (χ1n) is 6.80. The van der Waals surface area contributed by atoms with Gasteiger partial charge in [-0.05, 0) is 25.1 Å². The average molecular weight is 267 g/mol. The second kappa shape index (κ2) is 8.77. The van der Waals surface area contributed by atoms with Crippen molar-refractivity contribution in [2.45, 2.75) is 26.2 Å². The molecule has 0 radical (unpaired) electrons. The van der Waals surface area contributed by atoms with Crippen molar-refractivity contribution in [3.8, 4) is 0 Å². The molecule has 4 heteroatoms. The maximum Gasteiger partial charge on any atom is 0.167 e. The highest BCUT2D eigenvalue weighted by Gasteiger charge is 2.12. The average Bonchev–Trinajstić information content (AvgIpc) is 2.42. The van der Waals surface area contributed by atoms with Crippen LogP contribution in [0.25, 0.3) is 0 Å². The predicted molar refractivity (Wildman–Crippen MR) is 73.8 cm³/mol. The van der Waals surface area contributed by atoms with Crippen LogP contribution in [0.1, 0.15) is 36.5 Å². The topological polar surface area (TPSA) is 40.5 Å². The molecular weight excluding hydrogens is 245 g/mol.